The van der Waals surface area contributed by atoms with E-state index in [1.165, 1.54) is 6.92 Å². The third kappa shape index (κ3) is 4.40. The largest absolute Gasteiger partial charge is 0.478 e. The van der Waals surface area contributed by atoms with Gasteiger partial charge in [0, 0.05) is 18.7 Å². The van der Waals surface area contributed by atoms with Gasteiger partial charge >= 0.3 is 5.97 Å². The van der Waals surface area contributed by atoms with E-state index in [9.17, 15) is 14.7 Å². The van der Waals surface area contributed by atoms with E-state index >= 15 is 0 Å². The van der Waals surface area contributed by atoms with Crippen LogP contribution in [0.4, 0.5) is 5.69 Å². The fourth-order valence-corrected chi connectivity index (χ4v) is 3.16. The average Bonchev–Trinajstić information content (AvgIpc) is 3.10. The van der Waals surface area contributed by atoms with E-state index < -0.39 is 5.97 Å². The van der Waals surface area contributed by atoms with Crippen LogP contribution in [0, 0.1) is 0 Å². The summed E-state index contributed by atoms with van der Waals surface area (Å²) < 4.78 is 5.95. The number of nitrogens with one attached hydrogen (secondary N) is 2. The van der Waals surface area contributed by atoms with E-state index in [0.29, 0.717) is 23.2 Å². The predicted octanol–water partition coefficient (Wildman–Crippen LogP) is 3.43. The van der Waals surface area contributed by atoms with Crippen LogP contribution in [0.1, 0.15) is 35.7 Å². The Morgan fingerprint density at radius 2 is 2.00 bits per heavy atom. The molecule has 1 aliphatic rings. The molecule has 0 bridgehead atoms. The molecule has 2 aromatic rings. The Morgan fingerprint density at radius 3 is 2.62 bits per heavy atom. The highest BCUT2D eigenvalue weighted by Crippen LogP contribution is 2.32. The molecule has 1 amide bonds. The normalized spacial score (nSPS) is 16.3. The Labute approximate surface area is 152 Å². The number of hydrogen-bond acceptors (Lipinski definition) is 4. The van der Waals surface area contributed by atoms with Gasteiger partial charge in [-0.1, -0.05) is 12.1 Å². The Kier molecular flexibility index (Phi) is 5.53. The van der Waals surface area contributed by atoms with Crippen LogP contribution in [0.5, 0.6) is 11.5 Å². The maximum absolute atomic E-state index is 11.6. The first-order valence-corrected chi connectivity index (χ1v) is 8.67. The predicted molar refractivity (Wildman–Crippen MR) is 98.9 cm³/mol. The number of rotatable bonds is 6. The Hall–Kier alpha value is -2.86. The molecule has 136 valence electrons. The van der Waals surface area contributed by atoms with Gasteiger partial charge in [0.25, 0.3) is 0 Å². The number of aromatic carboxylic acids is 1. The van der Waals surface area contributed by atoms with E-state index in [-0.39, 0.29) is 11.5 Å². The molecule has 1 heterocycles. The summed E-state index contributed by atoms with van der Waals surface area (Å²) in [6, 6.07) is 12.4. The SMILES string of the molecule is CC(=O)Nc1ccc(Oc2c(CC3CCCN3)cccc2C(=O)O)cc1. The Balaban J connectivity index is 1.86. The number of amides is 1. The van der Waals surface area contributed by atoms with Crippen LogP contribution >= 0.6 is 0 Å². The summed E-state index contributed by atoms with van der Waals surface area (Å²) in [7, 11) is 0. The second-order valence-corrected chi connectivity index (χ2v) is 6.40. The molecule has 0 spiro atoms. The van der Waals surface area contributed by atoms with E-state index in [0.717, 1.165) is 31.4 Å². The monoisotopic (exact) mass is 354 g/mol. The van der Waals surface area contributed by atoms with Crippen molar-refractivity contribution in [2.75, 3.05) is 11.9 Å². The van der Waals surface area contributed by atoms with Gasteiger partial charge in [0.15, 0.2) is 0 Å². The highest BCUT2D eigenvalue weighted by molar-refractivity contribution is 5.91. The molecule has 26 heavy (non-hydrogen) atoms. The highest BCUT2D eigenvalue weighted by atomic mass is 16.5. The van der Waals surface area contributed by atoms with Crippen molar-refractivity contribution in [3.8, 4) is 11.5 Å². The summed E-state index contributed by atoms with van der Waals surface area (Å²) in [6.45, 7) is 2.43. The van der Waals surface area contributed by atoms with Gasteiger partial charge in [-0.3, -0.25) is 4.79 Å². The smallest absolute Gasteiger partial charge is 0.339 e. The van der Waals surface area contributed by atoms with Crippen LogP contribution in [-0.4, -0.2) is 29.6 Å². The lowest BCUT2D eigenvalue weighted by molar-refractivity contribution is -0.114. The van der Waals surface area contributed by atoms with E-state index in [1.807, 2.05) is 6.07 Å². The van der Waals surface area contributed by atoms with Gasteiger partial charge in [-0.25, -0.2) is 4.79 Å². The number of anilines is 1. The lowest BCUT2D eigenvalue weighted by Crippen LogP contribution is -2.24. The maximum Gasteiger partial charge on any atom is 0.339 e. The number of carbonyl (C=O) groups excluding carboxylic acids is 1. The summed E-state index contributed by atoms with van der Waals surface area (Å²) in [5.41, 5.74) is 1.67. The van der Waals surface area contributed by atoms with Gasteiger partial charge < -0.3 is 20.5 Å². The molecule has 1 saturated heterocycles. The van der Waals surface area contributed by atoms with Gasteiger partial charge in [-0.15, -0.1) is 0 Å². The van der Waals surface area contributed by atoms with Crippen molar-refractivity contribution in [3.63, 3.8) is 0 Å². The van der Waals surface area contributed by atoms with Crippen LogP contribution in [0.3, 0.4) is 0 Å². The molecule has 0 radical (unpaired) electrons. The minimum absolute atomic E-state index is 0.145. The van der Waals surface area contributed by atoms with Crippen LogP contribution < -0.4 is 15.4 Å². The van der Waals surface area contributed by atoms with Crippen LogP contribution in [0.2, 0.25) is 0 Å². The third-order valence-electron chi connectivity index (χ3n) is 4.35. The minimum atomic E-state index is -1.02. The third-order valence-corrected chi connectivity index (χ3v) is 4.35. The minimum Gasteiger partial charge on any atom is -0.478 e. The topological polar surface area (TPSA) is 87.7 Å². The summed E-state index contributed by atoms with van der Waals surface area (Å²) in [4.78, 5) is 22.7. The molecule has 0 aromatic heterocycles. The quantitative estimate of drug-likeness (QED) is 0.740. The van der Waals surface area contributed by atoms with Gasteiger partial charge in [-0.05, 0) is 61.7 Å². The fourth-order valence-electron chi connectivity index (χ4n) is 3.16. The number of hydrogen-bond donors (Lipinski definition) is 3. The van der Waals surface area contributed by atoms with Crippen molar-refractivity contribution in [1.82, 2.24) is 5.32 Å². The first-order chi connectivity index (χ1) is 12.5. The zero-order valence-corrected chi connectivity index (χ0v) is 14.6. The molecule has 1 atom stereocenters. The van der Waals surface area contributed by atoms with Crippen LogP contribution in [0.25, 0.3) is 0 Å². The molecule has 3 N–H and O–H groups in total. The number of carboxylic acid groups (broad SMARTS) is 1. The van der Waals surface area contributed by atoms with Crippen molar-refractivity contribution in [2.45, 2.75) is 32.2 Å². The first-order valence-electron chi connectivity index (χ1n) is 8.67. The van der Waals surface area contributed by atoms with Crippen LogP contribution in [-0.2, 0) is 11.2 Å². The standard InChI is InChI=1S/C20H22N2O4/c1-13(23)22-15-7-9-17(10-8-15)26-19-14(12-16-5-3-11-21-16)4-2-6-18(19)20(24)25/h2,4,6-10,16,21H,3,5,11-12H2,1H3,(H,22,23)(H,24,25). The van der Waals surface area contributed by atoms with Gasteiger partial charge in [0.1, 0.15) is 17.1 Å². The number of para-hydroxylation sites is 1. The lowest BCUT2D eigenvalue weighted by atomic mass is 10.0. The van der Waals surface area contributed by atoms with Gasteiger partial charge in [-0.2, -0.15) is 0 Å². The number of carbonyl (C=O) groups is 2. The summed E-state index contributed by atoms with van der Waals surface area (Å²) in [5, 5.41) is 15.6. The molecule has 1 fully saturated rings. The molecule has 2 aromatic carbocycles. The molecule has 6 nitrogen and oxygen atoms in total. The first kappa shape index (κ1) is 17.9. The van der Waals surface area contributed by atoms with Gasteiger partial charge in [0.05, 0.1) is 0 Å². The van der Waals surface area contributed by atoms with Crippen molar-refractivity contribution >= 4 is 17.6 Å². The molecule has 1 aliphatic heterocycles. The number of ether oxygens (including phenoxy) is 1. The molecular formula is C20H22N2O4. The molecule has 6 heteroatoms. The second kappa shape index (κ2) is 8.01. The summed E-state index contributed by atoms with van der Waals surface area (Å²) in [6.07, 6.45) is 2.92. The van der Waals surface area contributed by atoms with Crippen molar-refractivity contribution < 1.29 is 19.4 Å². The van der Waals surface area contributed by atoms with E-state index in [1.54, 1.807) is 36.4 Å². The highest BCUT2D eigenvalue weighted by Gasteiger charge is 2.21. The van der Waals surface area contributed by atoms with E-state index in [4.69, 9.17) is 4.74 Å². The Bertz CT molecular complexity index is 796. The van der Waals surface area contributed by atoms with Crippen LogP contribution in [0.15, 0.2) is 42.5 Å². The zero-order chi connectivity index (χ0) is 18.5. The van der Waals surface area contributed by atoms with E-state index in [2.05, 4.69) is 10.6 Å². The molecule has 0 aliphatic carbocycles. The fraction of sp³-hybridized carbons (Fsp3) is 0.300. The lowest BCUT2D eigenvalue weighted by Gasteiger charge is -2.17. The maximum atomic E-state index is 11.6. The summed E-state index contributed by atoms with van der Waals surface area (Å²) >= 11 is 0. The molecular weight excluding hydrogens is 332 g/mol. The average molecular weight is 354 g/mol. The van der Waals surface area contributed by atoms with Crippen molar-refractivity contribution in [3.05, 3.63) is 53.6 Å². The molecule has 1 unspecified atom stereocenters. The number of carboxylic acids is 1. The second-order valence-electron chi connectivity index (χ2n) is 6.40. The van der Waals surface area contributed by atoms with Gasteiger partial charge in [0.2, 0.25) is 5.91 Å². The zero-order valence-electron chi connectivity index (χ0n) is 14.6. The molecule has 0 saturated carbocycles. The number of benzene rings is 2. The van der Waals surface area contributed by atoms with Crippen molar-refractivity contribution in [2.24, 2.45) is 0 Å². The molecule has 3 rings (SSSR count). The van der Waals surface area contributed by atoms with Crippen molar-refractivity contribution in [1.29, 1.82) is 0 Å². The Morgan fingerprint density at radius 1 is 1.23 bits per heavy atom. The summed E-state index contributed by atoms with van der Waals surface area (Å²) in [5.74, 6) is -0.272.